The van der Waals surface area contributed by atoms with E-state index >= 15 is 0 Å². The number of nitrogens with zero attached hydrogens (tertiary/aromatic N) is 2. The van der Waals surface area contributed by atoms with Gasteiger partial charge in [-0.1, -0.05) is 13.0 Å². The lowest BCUT2D eigenvalue weighted by Gasteiger charge is -2.08. The Balaban J connectivity index is 1.82. The molecular weight excluding hydrogens is 382 g/mol. The fourth-order valence-corrected chi connectivity index (χ4v) is 2.28. The van der Waals surface area contributed by atoms with Gasteiger partial charge < -0.3 is 9.15 Å². The summed E-state index contributed by atoms with van der Waals surface area (Å²) in [7, 11) is 0. The third-order valence-corrected chi connectivity index (χ3v) is 3.56. The molecule has 0 aliphatic carbocycles. The molecule has 2 aromatic rings. The van der Waals surface area contributed by atoms with Gasteiger partial charge in [0.25, 0.3) is 5.91 Å². The number of rotatable bonds is 7. The van der Waals surface area contributed by atoms with Crippen LogP contribution in [0.4, 0.5) is 5.88 Å². The van der Waals surface area contributed by atoms with Crippen molar-refractivity contribution in [2.75, 3.05) is 6.61 Å². The molecule has 0 aliphatic heterocycles. The molecule has 0 unspecified atom stereocenters. The van der Waals surface area contributed by atoms with Crippen LogP contribution >= 0.6 is 15.9 Å². The van der Waals surface area contributed by atoms with Crippen molar-refractivity contribution in [2.24, 2.45) is 5.10 Å². The van der Waals surface area contributed by atoms with E-state index in [1.54, 1.807) is 6.07 Å². The van der Waals surface area contributed by atoms with Gasteiger partial charge in [-0.3, -0.25) is 14.9 Å². The molecule has 1 N–H and O–H groups in total. The topological polar surface area (TPSA) is 107 Å². The molecule has 0 saturated heterocycles. The molecule has 8 nitrogen and oxygen atoms in total. The van der Waals surface area contributed by atoms with Gasteiger partial charge in [0.05, 0.1) is 16.8 Å². The summed E-state index contributed by atoms with van der Waals surface area (Å²) < 4.78 is 11.0. The molecule has 0 fully saturated rings. The van der Waals surface area contributed by atoms with Crippen LogP contribution in [0.25, 0.3) is 0 Å². The van der Waals surface area contributed by atoms with E-state index in [1.165, 1.54) is 12.1 Å². The summed E-state index contributed by atoms with van der Waals surface area (Å²) >= 11 is 3.38. The van der Waals surface area contributed by atoms with Crippen LogP contribution in [0.2, 0.25) is 0 Å². The van der Waals surface area contributed by atoms with Crippen LogP contribution in [-0.2, 0) is 11.2 Å². The lowest BCUT2D eigenvalue weighted by atomic mass is 10.2. The fourth-order valence-electron chi connectivity index (χ4n) is 1.73. The first kappa shape index (κ1) is 17.7. The van der Waals surface area contributed by atoms with Crippen LogP contribution in [0.15, 0.2) is 44.3 Å². The minimum Gasteiger partial charge on any atom is -0.483 e. The van der Waals surface area contributed by atoms with Gasteiger partial charge in [0.2, 0.25) is 0 Å². The van der Waals surface area contributed by atoms with Crippen LogP contribution in [0.5, 0.6) is 5.75 Å². The summed E-state index contributed by atoms with van der Waals surface area (Å²) in [6.45, 7) is 1.82. The first-order chi connectivity index (χ1) is 11.5. The second-order valence-corrected chi connectivity index (χ2v) is 5.49. The predicted octanol–water partition coefficient (Wildman–Crippen LogP) is 3.04. The highest BCUT2D eigenvalue weighted by Crippen LogP contribution is 2.26. The SMILES string of the molecule is CCc1ccc(OCC(=O)N/N=C/c2ccc([N+](=O)[O-])o2)c(Br)c1. The molecule has 0 radical (unpaired) electrons. The van der Waals surface area contributed by atoms with Crippen molar-refractivity contribution in [3.63, 3.8) is 0 Å². The van der Waals surface area contributed by atoms with Crippen molar-refractivity contribution in [3.8, 4) is 5.75 Å². The third kappa shape index (κ3) is 4.92. The molecule has 0 atom stereocenters. The molecule has 126 valence electrons. The van der Waals surface area contributed by atoms with Crippen molar-refractivity contribution in [1.82, 2.24) is 5.43 Å². The molecule has 0 spiro atoms. The maximum absolute atomic E-state index is 11.7. The zero-order chi connectivity index (χ0) is 17.5. The number of hydrogen-bond donors (Lipinski definition) is 1. The van der Waals surface area contributed by atoms with Gasteiger partial charge in [0.15, 0.2) is 12.4 Å². The van der Waals surface area contributed by atoms with Crippen LogP contribution < -0.4 is 10.2 Å². The maximum Gasteiger partial charge on any atom is 0.433 e. The van der Waals surface area contributed by atoms with Crippen LogP contribution in [-0.4, -0.2) is 23.7 Å². The van der Waals surface area contributed by atoms with Gasteiger partial charge >= 0.3 is 5.88 Å². The quantitative estimate of drug-likeness (QED) is 0.440. The van der Waals surface area contributed by atoms with E-state index in [0.29, 0.717) is 5.75 Å². The molecule has 0 bridgehead atoms. The van der Waals surface area contributed by atoms with E-state index in [0.717, 1.165) is 22.7 Å². The number of aryl methyl sites for hydroxylation is 1. The second-order valence-electron chi connectivity index (χ2n) is 4.63. The molecule has 1 aromatic heterocycles. The van der Waals surface area contributed by atoms with Gasteiger partial charge in [-0.15, -0.1) is 0 Å². The molecule has 1 aromatic carbocycles. The molecular formula is C15H14BrN3O5. The average Bonchev–Trinajstić information content (AvgIpc) is 3.02. The minimum atomic E-state index is -0.661. The number of benzene rings is 1. The summed E-state index contributed by atoms with van der Waals surface area (Å²) in [5.74, 6) is -0.168. The van der Waals surface area contributed by atoms with E-state index in [2.05, 4.69) is 26.5 Å². The highest BCUT2D eigenvalue weighted by Gasteiger charge is 2.10. The zero-order valence-electron chi connectivity index (χ0n) is 12.7. The summed E-state index contributed by atoms with van der Waals surface area (Å²) in [5.41, 5.74) is 3.39. The summed E-state index contributed by atoms with van der Waals surface area (Å²) in [4.78, 5) is 21.5. The van der Waals surface area contributed by atoms with E-state index < -0.39 is 16.7 Å². The van der Waals surface area contributed by atoms with Gasteiger partial charge in [-0.05, 0) is 46.1 Å². The molecule has 1 heterocycles. The Hall–Kier alpha value is -2.68. The average molecular weight is 396 g/mol. The first-order valence-electron chi connectivity index (χ1n) is 6.97. The Morgan fingerprint density at radius 2 is 2.25 bits per heavy atom. The third-order valence-electron chi connectivity index (χ3n) is 2.94. The second kappa shape index (κ2) is 8.25. The molecule has 0 saturated carbocycles. The van der Waals surface area contributed by atoms with Crippen LogP contribution in [0, 0.1) is 10.1 Å². The number of halogens is 1. The Kier molecular flexibility index (Phi) is 6.07. The Morgan fingerprint density at radius 1 is 1.46 bits per heavy atom. The van der Waals surface area contributed by atoms with Crippen LogP contribution in [0.3, 0.4) is 0 Å². The van der Waals surface area contributed by atoms with Crippen molar-refractivity contribution in [1.29, 1.82) is 0 Å². The zero-order valence-corrected chi connectivity index (χ0v) is 14.3. The molecule has 0 aliphatic rings. The number of nitrogens with one attached hydrogen (secondary N) is 1. The standard InChI is InChI=1S/C15H14BrN3O5/c1-2-10-3-5-13(12(16)7-10)23-9-14(20)18-17-8-11-4-6-15(24-11)19(21)22/h3-8H,2,9H2,1H3,(H,18,20)/b17-8+. The number of nitro groups is 1. The molecule has 24 heavy (non-hydrogen) atoms. The van der Waals surface area contributed by atoms with Crippen molar-refractivity contribution in [2.45, 2.75) is 13.3 Å². The Morgan fingerprint density at radius 3 is 2.88 bits per heavy atom. The summed E-state index contributed by atoms with van der Waals surface area (Å²) in [6.07, 6.45) is 2.07. The number of amides is 1. The van der Waals surface area contributed by atoms with Crippen LogP contribution in [0.1, 0.15) is 18.2 Å². The smallest absolute Gasteiger partial charge is 0.433 e. The minimum absolute atomic E-state index is 0.154. The molecule has 1 amide bonds. The highest BCUT2D eigenvalue weighted by atomic mass is 79.9. The number of carbonyl (C=O) groups is 1. The first-order valence-corrected chi connectivity index (χ1v) is 7.76. The number of carbonyl (C=O) groups excluding carboxylic acids is 1. The van der Waals surface area contributed by atoms with Gasteiger partial charge in [0, 0.05) is 0 Å². The number of furan rings is 1. The monoisotopic (exact) mass is 395 g/mol. The summed E-state index contributed by atoms with van der Waals surface area (Å²) in [5, 5.41) is 14.1. The van der Waals surface area contributed by atoms with Gasteiger partial charge in [-0.2, -0.15) is 5.10 Å². The molecule has 2 rings (SSSR count). The predicted molar refractivity (Wildman–Crippen MR) is 90.1 cm³/mol. The summed E-state index contributed by atoms with van der Waals surface area (Å²) in [6, 6.07) is 8.19. The Labute approximate surface area is 145 Å². The van der Waals surface area contributed by atoms with Crippen molar-refractivity contribution >= 4 is 33.9 Å². The van der Waals surface area contributed by atoms with Gasteiger partial charge in [-0.25, -0.2) is 5.43 Å². The van der Waals surface area contributed by atoms with Gasteiger partial charge in [0.1, 0.15) is 10.7 Å². The van der Waals surface area contributed by atoms with E-state index in [1.807, 2.05) is 19.1 Å². The Bertz CT molecular complexity index is 772. The largest absolute Gasteiger partial charge is 0.483 e. The van der Waals surface area contributed by atoms with E-state index in [-0.39, 0.29) is 12.4 Å². The lowest BCUT2D eigenvalue weighted by Crippen LogP contribution is -2.24. The highest BCUT2D eigenvalue weighted by molar-refractivity contribution is 9.10. The van der Waals surface area contributed by atoms with Crippen molar-refractivity contribution in [3.05, 3.63) is 56.2 Å². The number of hydrogen-bond acceptors (Lipinski definition) is 6. The molecule has 9 heteroatoms. The van der Waals surface area contributed by atoms with E-state index in [9.17, 15) is 14.9 Å². The lowest BCUT2D eigenvalue weighted by molar-refractivity contribution is -0.402. The van der Waals surface area contributed by atoms with E-state index in [4.69, 9.17) is 9.15 Å². The fraction of sp³-hybridized carbons (Fsp3) is 0.200. The van der Waals surface area contributed by atoms with Crippen molar-refractivity contribution < 1.29 is 18.9 Å². The maximum atomic E-state index is 11.7. The number of ether oxygens (including phenoxy) is 1. The normalized spacial score (nSPS) is 10.8. The number of hydrazone groups is 1.